The highest BCUT2D eigenvalue weighted by Crippen LogP contribution is 2.17. The molecule has 1 atom stereocenters. The Balaban J connectivity index is 1.61. The minimum absolute atomic E-state index is 0.0317. The number of carbonyl (C=O) groups is 2. The van der Waals surface area contributed by atoms with Crippen LogP contribution in [0.15, 0.2) is 24.3 Å². The molecule has 0 aliphatic carbocycles. The quantitative estimate of drug-likeness (QED) is 0.886. The first-order valence-electron chi connectivity index (χ1n) is 9.07. The van der Waals surface area contributed by atoms with Gasteiger partial charge in [-0.3, -0.25) is 14.7 Å². The standard InChI is InChI=1S/C20H26N4O2/c1-12(2)17-10-18(23-22-17)20(26)24-6-5-16(11-24)21-19(25)15-8-13(3)7-14(4)9-15/h7-10,12,16H,5-6,11H2,1-4H3,(H,21,25)(H,22,23). The lowest BCUT2D eigenvalue weighted by atomic mass is 10.1. The first-order chi connectivity index (χ1) is 12.3. The number of carbonyl (C=O) groups excluding carboxylic acids is 2. The van der Waals surface area contributed by atoms with Crippen LogP contribution < -0.4 is 5.32 Å². The van der Waals surface area contributed by atoms with Crippen LogP contribution in [0.1, 0.15) is 63.9 Å². The second-order valence-corrected chi connectivity index (χ2v) is 7.45. The predicted molar refractivity (Wildman–Crippen MR) is 100 cm³/mol. The molecule has 1 aromatic carbocycles. The highest BCUT2D eigenvalue weighted by atomic mass is 16.2. The Labute approximate surface area is 154 Å². The number of rotatable bonds is 4. The van der Waals surface area contributed by atoms with Gasteiger partial charge in [-0.1, -0.05) is 31.0 Å². The van der Waals surface area contributed by atoms with Gasteiger partial charge in [0.1, 0.15) is 5.69 Å². The molecule has 3 rings (SSSR count). The largest absolute Gasteiger partial charge is 0.347 e. The van der Waals surface area contributed by atoms with Crippen LogP contribution in [0.25, 0.3) is 0 Å². The number of nitrogens with zero attached hydrogens (tertiary/aromatic N) is 2. The van der Waals surface area contributed by atoms with Crippen molar-refractivity contribution in [1.82, 2.24) is 20.4 Å². The van der Waals surface area contributed by atoms with Crippen molar-refractivity contribution in [3.63, 3.8) is 0 Å². The van der Waals surface area contributed by atoms with Crippen molar-refractivity contribution in [2.75, 3.05) is 13.1 Å². The minimum atomic E-state index is -0.0868. The van der Waals surface area contributed by atoms with E-state index in [9.17, 15) is 9.59 Å². The first kappa shape index (κ1) is 18.2. The summed E-state index contributed by atoms with van der Waals surface area (Å²) in [6.45, 7) is 9.20. The molecule has 1 saturated heterocycles. The number of aromatic amines is 1. The zero-order valence-corrected chi connectivity index (χ0v) is 15.8. The molecule has 138 valence electrons. The fourth-order valence-corrected chi connectivity index (χ4v) is 3.34. The molecular weight excluding hydrogens is 328 g/mol. The Hall–Kier alpha value is -2.63. The van der Waals surface area contributed by atoms with Gasteiger partial charge < -0.3 is 10.2 Å². The second kappa shape index (κ2) is 7.32. The molecular formula is C20H26N4O2. The third kappa shape index (κ3) is 3.95. The lowest BCUT2D eigenvalue weighted by Crippen LogP contribution is -2.38. The molecule has 26 heavy (non-hydrogen) atoms. The number of H-pyrrole nitrogens is 1. The zero-order chi connectivity index (χ0) is 18.8. The second-order valence-electron chi connectivity index (χ2n) is 7.45. The topological polar surface area (TPSA) is 78.1 Å². The van der Waals surface area contributed by atoms with E-state index in [0.29, 0.717) is 30.3 Å². The Bertz CT molecular complexity index is 805. The number of benzene rings is 1. The lowest BCUT2D eigenvalue weighted by Gasteiger charge is -2.16. The molecule has 2 amide bonds. The van der Waals surface area contributed by atoms with Crippen LogP contribution in [0.5, 0.6) is 0 Å². The number of amides is 2. The van der Waals surface area contributed by atoms with Crippen LogP contribution in [0.4, 0.5) is 0 Å². The third-order valence-corrected chi connectivity index (χ3v) is 4.73. The average molecular weight is 354 g/mol. The van der Waals surface area contributed by atoms with E-state index in [1.165, 1.54) is 0 Å². The van der Waals surface area contributed by atoms with Crippen LogP contribution in [-0.4, -0.2) is 46.0 Å². The predicted octanol–water partition coefficient (Wildman–Crippen LogP) is 2.79. The molecule has 6 nitrogen and oxygen atoms in total. The summed E-state index contributed by atoms with van der Waals surface area (Å²) in [6.07, 6.45) is 0.754. The normalized spacial score (nSPS) is 17.0. The van der Waals surface area contributed by atoms with Crippen LogP contribution in [0, 0.1) is 13.8 Å². The van der Waals surface area contributed by atoms with Crippen LogP contribution >= 0.6 is 0 Å². The molecule has 1 unspecified atom stereocenters. The number of hydrogen-bond donors (Lipinski definition) is 2. The number of aryl methyl sites for hydroxylation is 2. The van der Waals surface area contributed by atoms with Gasteiger partial charge in [0.2, 0.25) is 0 Å². The summed E-state index contributed by atoms with van der Waals surface area (Å²) in [7, 11) is 0. The summed E-state index contributed by atoms with van der Waals surface area (Å²) >= 11 is 0. The van der Waals surface area contributed by atoms with Gasteiger partial charge in [0, 0.05) is 30.4 Å². The van der Waals surface area contributed by atoms with E-state index in [0.717, 1.165) is 23.2 Å². The highest BCUT2D eigenvalue weighted by molar-refractivity contribution is 5.95. The molecule has 6 heteroatoms. The van der Waals surface area contributed by atoms with Crippen LogP contribution in [0.2, 0.25) is 0 Å². The highest BCUT2D eigenvalue weighted by Gasteiger charge is 2.29. The molecule has 0 bridgehead atoms. The molecule has 2 aromatic rings. The number of aromatic nitrogens is 2. The van der Waals surface area contributed by atoms with Gasteiger partial charge in [-0.25, -0.2) is 0 Å². The number of likely N-dealkylation sites (tertiary alicyclic amines) is 1. The van der Waals surface area contributed by atoms with E-state index in [-0.39, 0.29) is 17.9 Å². The van der Waals surface area contributed by atoms with Crippen molar-refractivity contribution in [3.8, 4) is 0 Å². The fourth-order valence-electron chi connectivity index (χ4n) is 3.34. The monoisotopic (exact) mass is 354 g/mol. The zero-order valence-electron chi connectivity index (χ0n) is 15.8. The van der Waals surface area contributed by atoms with Crippen LogP contribution in [0.3, 0.4) is 0 Å². The maximum Gasteiger partial charge on any atom is 0.274 e. The Kier molecular flexibility index (Phi) is 5.11. The number of nitrogens with one attached hydrogen (secondary N) is 2. The summed E-state index contributed by atoms with van der Waals surface area (Å²) < 4.78 is 0. The number of hydrogen-bond acceptors (Lipinski definition) is 3. The third-order valence-electron chi connectivity index (χ3n) is 4.73. The summed E-state index contributed by atoms with van der Waals surface area (Å²) in [5, 5.41) is 10.1. The van der Waals surface area contributed by atoms with Crippen molar-refractivity contribution >= 4 is 11.8 Å². The minimum Gasteiger partial charge on any atom is -0.347 e. The Morgan fingerprint density at radius 1 is 1.19 bits per heavy atom. The first-order valence-corrected chi connectivity index (χ1v) is 9.07. The van der Waals surface area contributed by atoms with Crippen molar-refractivity contribution in [3.05, 3.63) is 52.3 Å². The maximum atomic E-state index is 12.6. The van der Waals surface area contributed by atoms with E-state index in [1.807, 2.05) is 38.1 Å². The van der Waals surface area contributed by atoms with Gasteiger partial charge in [0.25, 0.3) is 11.8 Å². The van der Waals surface area contributed by atoms with E-state index >= 15 is 0 Å². The lowest BCUT2D eigenvalue weighted by molar-refractivity contribution is 0.0777. The molecule has 1 aliphatic rings. The van der Waals surface area contributed by atoms with Gasteiger partial charge in [-0.2, -0.15) is 5.10 Å². The van der Waals surface area contributed by atoms with Crippen molar-refractivity contribution < 1.29 is 9.59 Å². The molecule has 2 heterocycles. The van der Waals surface area contributed by atoms with E-state index in [1.54, 1.807) is 4.90 Å². The molecule has 1 aliphatic heterocycles. The van der Waals surface area contributed by atoms with Gasteiger partial charge in [0.05, 0.1) is 0 Å². The van der Waals surface area contributed by atoms with Crippen molar-refractivity contribution in [2.45, 2.75) is 46.1 Å². The smallest absolute Gasteiger partial charge is 0.274 e. The van der Waals surface area contributed by atoms with Crippen molar-refractivity contribution in [1.29, 1.82) is 0 Å². The molecule has 0 radical (unpaired) electrons. The molecule has 1 fully saturated rings. The Morgan fingerprint density at radius 2 is 1.88 bits per heavy atom. The maximum absolute atomic E-state index is 12.6. The summed E-state index contributed by atoms with van der Waals surface area (Å²) in [6, 6.07) is 7.60. The molecule has 0 spiro atoms. The molecule has 0 saturated carbocycles. The van der Waals surface area contributed by atoms with E-state index in [4.69, 9.17) is 0 Å². The summed E-state index contributed by atoms with van der Waals surface area (Å²) in [5.74, 6) is 0.127. The summed E-state index contributed by atoms with van der Waals surface area (Å²) in [4.78, 5) is 26.9. The van der Waals surface area contributed by atoms with Crippen molar-refractivity contribution in [2.24, 2.45) is 0 Å². The molecule has 2 N–H and O–H groups in total. The van der Waals surface area contributed by atoms with Crippen LogP contribution in [-0.2, 0) is 0 Å². The van der Waals surface area contributed by atoms with Gasteiger partial charge in [-0.05, 0) is 44.4 Å². The van der Waals surface area contributed by atoms with E-state index in [2.05, 4.69) is 29.4 Å². The Morgan fingerprint density at radius 3 is 2.50 bits per heavy atom. The average Bonchev–Trinajstić information content (AvgIpc) is 3.22. The summed E-state index contributed by atoms with van der Waals surface area (Å²) in [5.41, 5.74) is 4.19. The van der Waals surface area contributed by atoms with E-state index < -0.39 is 0 Å². The SMILES string of the molecule is Cc1cc(C)cc(C(=O)NC2CCN(C(=O)c3cc(C(C)C)[nH]n3)C2)c1. The van der Waals surface area contributed by atoms with Gasteiger partial charge in [0.15, 0.2) is 0 Å². The fraction of sp³-hybridized carbons (Fsp3) is 0.450. The molecule has 1 aromatic heterocycles. The van der Waals surface area contributed by atoms with Gasteiger partial charge in [-0.15, -0.1) is 0 Å². The van der Waals surface area contributed by atoms with Gasteiger partial charge >= 0.3 is 0 Å².